The van der Waals surface area contributed by atoms with E-state index in [1.165, 1.54) is 18.4 Å². The molecule has 1 aliphatic heterocycles. The Balaban J connectivity index is 1.34. The summed E-state index contributed by atoms with van der Waals surface area (Å²) in [6.07, 6.45) is 6.35. The molecule has 0 spiro atoms. The number of fused-ring (bicyclic) bond motifs is 2. The lowest BCUT2D eigenvalue weighted by molar-refractivity contribution is 0.169. The second-order valence-electron chi connectivity index (χ2n) is 9.97. The molecule has 3 heterocycles. The molecule has 0 radical (unpaired) electrons. The number of hydrogen-bond donors (Lipinski definition) is 1. The Bertz CT molecular complexity index is 1430. The van der Waals surface area contributed by atoms with Gasteiger partial charge in [0.1, 0.15) is 0 Å². The van der Waals surface area contributed by atoms with Crippen LogP contribution in [-0.4, -0.2) is 43.4 Å². The average molecular weight is 501 g/mol. The normalized spacial score (nSPS) is 16.2. The van der Waals surface area contributed by atoms with Crippen molar-refractivity contribution >= 4 is 10.9 Å². The van der Waals surface area contributed by atoms with Gasteiger partial charge in [-0.15, -0.1) is 5.10 Å². The lowest BCUT2D eigenvalue weighted by atomic mass is 10.1. The Morgan fingerprint density at radius 3 is 2.68 bits per heavy atom. The van der Waals surface area contributed by atoms with E-state index in [4.69, 9.17) is 9.47 Å². The molecule has 2 aromatic heterocycles. The number of pyridine rings is 1. The molecule has 2 aromatic carbocycles. The number of aromatic nitrogens is 5. The number of benzene rings is 2. The number of hydrogen-bond acceptors (Lipinski definition) is 7. The van der Waals surface area contributed by atoms with Crippen LogP contribution in [-0.2, 0) is 13.0 Å². The largest absolute Gasteiger partial charge is 0.454 e. The van der Waals surface area contributed by atoms with Crippen molar-refractivity contribution in [2.75, 3.05) is 13.3 Å². The summed E-state index contributed by atoms with van der Waals surface area (Å²) in [6, 6.07) is 16.5. The molecule has 1 N–H and O–H groups in total. The number of nitrogens with zero attached hydrogens (tertiary/aromatic N) is 5. The Labute approximate surface area is 215 Å². The van der Waals surface area contributed by atoms with E-state index in [1.54, 1.807) is 0 Å². The molecule has 192 valence electrons. The predicted molar refractivity (Wildman–Crippen MR) is 140 cm³/mol. The number of tetrazole rings is 1. The van der Waals surface area contributed by atoms with Gasteiger partial charge < -0.3 is 14.5 Å². The van der Waals surface area contributed by atoms with Gasteiger partial charge >= 0.3 is 0 Å². The molecule has 6 rings (SSSR count). The monoisotopic (exact) mass is 500 g/mol. The lowest BCUT2D eigenvalue weighted by Crippen LogP contribution is -2.34. The van der Waals surface area contributed by atoms with Crippen molar-refractivity contribution < 1.29 is 9.47 Å². The molecule has 1 aliphatic carbocycles. The molecule has 1 saturated carbocycles. The van der Waals surface area contributed by atoms with E-state index in [1.807, 2.05) is 28.9 Å². The summed E-state index contributed by atoms with van der Waals surface area (Å²) in [5.41, 5.74) is 2.61. The van der Waals surface area contributed by atoms with Gasteiger partial charge in [-0.25, -0.2) is 4.68 Å². The van der Waals surface area contributed by atoms with Crippen molar-refractivity contribution in [3.8, 4) is 11.5 Å². The van der Waals surface area contributed by atoms with Crippen LogP contribution < -0.4 is 15.0 Å². The molecule has 0 saturated heterocycles. The Kier molecular flexibility index (Phi) is 6.61. The van der Waals surface area contributed by atoms with Crippen molar-refractivity contribution in [2.24, 2.45) is 0 Å². The van der Waals surface area contributed by atoms with E-state index in [0.717, 1.165) is 49.0 Å². The molecule has 4 aromatic rings. The van der Waals surface area contributed by atoms with Gasteiger partial charge in [-0.05, 0) is 53.8 Å². The number of rotatable bonds is 9. The maximum Gasteiger partial charge on any atom is 0.252 e. The van der Waals surface area contributed by atoms with E-state index in [9.17, 15) is 4.79 Å². The van der Waals surface area contributed by atoms with Crippen LogP contribution in [0.5, 0.6) is 11.5 Å². The molecule has 0 bridgehead atoms. The van der Waals surface area contributed by atoms with Crippen LogP contribution >= 0.6 is 0 Å². The molecule has 9 heteroatoms. The van der Waals surface area contributed by atoms with Crippen LogP contribution in [0.1, 0.15) is 68.1 Å². The van der Waals surface area contributed by atoms with E-state index in [2.05, 4.69) is 56.6 Å². The third-order valence-electron chi connectivity index (χ3n) is 7.63. The fraction of sp³-hybridized carbons (Fsp3) is 0.429. The maximum absolute atomic E-state index is 13.2. The fourth-order valence-corrected chi connectivity index (χ4v) is 5.67. The second-order valence-corrected chi connectivity index (χ2v) is 9.97. The topological polar surface area (TPSA) is 98.2 Å². The Morgan fingerprint density at radius 1 is 1.11 bits per heavy atom. The third-order valence-corrected chi connectivity index (χ3v) is 7.63. The predicted octanol–water partition coefficient (Wildman–Crippen LogP) is 4.55. The molecule has 2 aliphatic rings. The summed E-state index contributed by atoms with van der Waals surface area (Å²) in [4.78, 5) is 18.6. The maximum atomic E-state index is 13.2. The highest BCUT2D eigenvalue weighted by molar-refractivity contribution is 5.83. The van der Waals surface area contributed by atoms with Crippen molar-refractivity contribution in [2.45, 2.75) is 64.1 Å². The molecule has 0 amide bonds. The van der Waals surface area contributed by atoms with Gasteiger partial charge in [-0.2, -0.15) is 0 Å². The first-order valence-electron chi connectivity index (χ1n) is 13.2. The van der Waals surface area contributed by atoms with Gasteiger partial charge in [0.25, 0.3) is 5.56 Å². The molecule has 1 atom stereocenters. The van der Waals surface area contributed by atoms with Crippen molar-refractivity contribution in [1.82, 2.24) is 30.1 Å². The summed E-state index contributed by atoms with van der Waals surface area (Å²) >= 11 is 0. The van der Waals surface area contributed by atoms with Gasteiger partial charge in [0.2, 0.25) is 6.79 Å². The highest BCUT2D eigenvalue weighted by Crippen LogP contribution is 2.36. The highest BCUT2D eigenvalue weighted by atomic mass is 16.7. The fourth-order valence-electron chi connectivity index (χ4n) is 5.67. The van der Waals surface area contributed by atoms with Crippen LogP contribution in [0.25, 0.3) is 10.9 Å². The Hall–Kier alpha value is -3.72. The van der Waals surface area contributed by atoms with Crippen molar-refractivity contribution in [3.63, 3.8) is 0 Å². The zero-order chi connectivity index (χ0) is 25.2. The highest BCUT2D eigenvalue weighted by Gasteiger charge is 2.29. The first-order chi connectivity index (χ1) is 18.2. The minimum absolute atomic E-state index is 0.00818. The molecule has 1 unspecified atom stereocenters. The minimum Gasteiger partial charge on any atom is -0.454 e. The summed E-state index contributed by atoms with van der Waals surface area (Å²) in [5.74, 6) is 2.25. The number of ether oxygens (including phenoxy) is 2. The first-order valence-corrected chi connectivity index (χ1v) is 13.2. The van der Waals surface area contributed by atoms with Crippen LogP contribution in [0.2, 0.25) is 0 Å². The first kappa shape index (κ1) is 23.7. The molecule has 1 fully saturated rings. The van der Waals surface area contributed by atoms with Gasteiger partial charge in [0, 0.05) is 30.1 Å². The van der Waals surface area contributed by atoms with Gasteiger partial charge in [-0.1, -0.05) is 50.1 Å². The van der Waals surface area contributed by atoms with Crippen LogP contribution in [0.4, 0.5) is 0 Å². The zero-order valence-corrected chi connectivity index (χ0v) is 21.1. The number of aromatic amines is 1. The number of nitrogens with one attached hydrogen (secondary N) is 1. The molecular formula is C28H32N6O3. The SMILES string of the molecule is CCC(c1nnnn1C1CCCC1)N(CCc1ccccc1)Cc1cc2cc3c(cc2[nH]c1=O)OCO3. The van der Waals surface area contributed by atoms with E-state index in [-0.39, 0.29) is 18.4 Å². The number of H-pyrrole nitrogens is 1. The van der Waals surface area contributed by atoms with Crippen LogP contribution in [0, 0.1) is 0 Å². The van der Waals surface area contributed by atoms with Gasteiger partial charge in [0.15, 0.2) is 17.3 Å². The summed E-state index contributed by atoms with van der Waals surface area (Å²) in [5, 5.41) is 13.9. The minimum atomic E-state index is -0.0960. The summed E-state index contributed by atoms with van der Waals surface area (Å²) < 4.78 is 13.1. The quantitative estimate of drug-likeness (QED) is 0.360. The third kappa shape index (κ3) is 4.83. The Morgan fingerprint density at radius 2 is 1.89 bits per heavy atom. The van der Waals surface area contributed by atoms with E-state index >= 15 is 0 Å². The lowest BCUT2D eigenvalue weighted by Gasteiger charge is -2.31. The van der Waals surface area contributed by atoms with Crippen LogP contribution in [0.3, 0.4) is 0 Å². The summed E-state index contributed by atoms with van der Waals surface area (Å²) in [6.45, 7) is 3.63. The van der Waals surface area contributed by atoms with Gasteiger partial charge in [0.05, 0.1) is 17.6 Å². The van der Waals surface area contributed by atoms with Crippen molar-refractivity contribution in [3.05, 3.63) is 75.8 Å². The summed E-state index contributed by atoms with van der Waals surface area (Å²) in [7, 11) is 0. The average Bonchev–Trinajstić information content (AvgIpc) is 3.69. The second kappa shape index (κ2) is 10.3. The van der Waals surface area contributed by atoms with Crippen molar-refractivity contribution in [1.29, 1.82) is 0 Å². The molecule has 9 nitrogen and oxygen atoms in total. The zero-order valence-electron chi connectivity index (χ0n) is 21.1. The standard InChI is InChI=1S/C28H32N6O3/c1-2-24(27-30-31-32-34(27)22-10-6-7-11-22)33(13-12-19-8-4-3-5-9-19)17-21-14-20-15-25-26(37-18-36-25)16-23(20)29-28(21)35/h3-5,8-9,14-16,22,24H,2,6-7,10-13,17-18H2,1H3,(H,29,35). The molecular weight excluding hydrogens is 468 g/mol. The smallest absolute Gasteiger partial charge is 0.252 e. The van der Waals surface area contributed by atoms with Crippen LogP contribution in [0.15, 0.2) is 53.3 Å². The molecule has 37 heavy (non-hydrogen) atoms. The van der Waals surface area contributed by atoms with E-state index < -0.39 is 0 Å². The van der Waals surface area contributed by atoms with Gasteiger partial charge in [-0.3, -0.25) is 9.69 Å². The van der Waals surface area contributed by atoms with E-state index in [0.29, 0.717) is 29.6 Å².